The number of anilines is 1. The number of nitrogens with zero attached hydrogens (tertiary/aromatic N) is 1. The van der Waals surface area contributed by atoms with E-state index < -0.39 is 0 Å². The van der Waals surface area contributed by atoms with Crippen LogP contribution in [0.4, 0.5) is 5.82 Å². The van der Waals surface area contributed by atoms with E-state index in [4.69, 9.17) is 10.8 Å². The Morgan fingerprint density at radius 3 is 3.00 bits per heavy atom. The summed E-state index contributed by atoms with van der Waals surface area (Å²) in [6, 6.07) is 1.80. The fraction of sp³-hybridized carbons (Fsp3) is 0.222. The van der Waals surface area contributed by atoms with Crippen molar-refractivity contribution in [2.45, 2.75) is 6.92 Å². The van der Waals surface area contributed by atoms with Crippen molar-refractivity contribution in [3.63, 3.8) is 0 Å². The number of nitrogens with two attached hydrogens (primary N) is 1. The summed E-state index contributed by atoms with van der Waals surface area (Å²) in [5.74, 6) is 0.522. The highest BCUT2D eigenvalue weighted by molar-refractivity contribution is 5.54. The van der Waals surface area contributed by atoms with Crippen LogP contribution < -0.4 is 5.73 Å². The molecule has 1 rings (SSSR count). The van der Waals surface area contributed by atoms with Crippen molar-refractivity contribution < 1.29 is 5.11 Å². The molecule has 12 heavy (non-hydrogen) atoms. The number of pyridine rings is 1. The highest BCUT2D eigenvalue weighted by Gasteiger charge is 1.94. The lowest BCUT2D eigenvalue weighted by Crippen LogP contribution is -1.92. The zero-order valence-electron chi connectivity index (χ0n) is 6.99. The number of aryl methyl sites for hydroxylation is 1. The number of nitrogen functional groups attached to an aromatic ring is 1. The molecule has 1 heterocycles. The maximum atomic E-state index is 8.54. The molecule has 3 nitrogen and oxygen atoms in total. The molecule has 3 N–H and O–H groups in total. The van der Waals surface area contributed by atoms with Crippen molar-refractivity contribution in [1.29, 1.82) is 0 Å². The van der Waals surface area contributed by atoms with Crippen LogP contribution in [0.2, 0.25) is 0 Å². The van der Waals surface area contributed by atoms with Crippen LogP contribution in [-0.4, -0.2) is 16.7 Å². The second-order valence-corrected chi connectivity index (χ2v) is 2.55. The molecule has 0 saturated carbocycles. The summed E-state index contributed by atoms with van der Waals surface area (Å²) in [6.45, 7) is 2.00. The van der Waals surface area contributed by atoms with E-state index >= 15 is 0 Å². The number of hydrogen-bond acceptors (Lipinski definition) is 3. The third kappa shape index (κ3) is 2.07. The van der Waals surface area contributed by atoms with Gasteiger partial charge in [-0.15, -0.1) is 0 Å². The van der Waals surface area contributed by atoms with Gasteiger partial charge in [0.1, 0.15) is 5.82 Å². The van der Waals surface area contributed by atoms with E-state index in [9.17, 15) is 0 Å². The fourth-order valence-corrected chi connectivity index (χ4v) is 0.942. The number of aliphatic hydroxyl groups excluding tert-OH is 1. The van der Waals surface area contributed by atoms with E-state index in [0.29, 0.717) is 5.82 Å². The normalized spacial score (nSPS) is 10.8. The Bertz CT molecular complexity index is 295. The van der Waals surface area contributed by atoms with Gasteiger partial charge < -0.3 is 10.8 Å². The van der Waals surface area contributed by atoms with Crippen LogP contribution in [0.1, 0.15) is 11.1 Å². The molecule has 0 saturated heterocycles. The van der Waals surface area contributed by atoms with E-state index in [0.717, 1.165) is 11.1 Å². The Balaban J connectivity index is 2.94. The summed E-state index contributed by atoms with van der Waals surface area (Å²) in [6.07, 6.45) is 5.18. The summed E-state index contributed by atoms with van der Waals surface area (Å²) >= 11 is 0. The molecular weight excluding hydrogens is 152 g/mol. The van der Waals surface area contributed by atoms with Crippen LogP contribution >= 0.6 is 0 Å². The van der Waals surface area contributed by atoms with Gasteiger partial charge in [-0.25, -0.2) is 4.98 Å². The van der Waals surface area contributed by atoms with Gasteiger partial charge in [-0.2, -0.15) is 0 Å². The number of aliphatic hydroxyl groups is 1. The first-order valence-electron chi connectivity index (χ1n) is 3.73. The van der Waals surface area contributed by atoms with Gasteiger partial charge >= 0.3 is 0 Å². The van der Waals surface area contributed by atoms with E-state index in [1.54, 1.807) is 18.3 Å². The highest BCUT2D eigenvalue weighted by Crippen LogP contribution is 2.10. The third-order valence-electron chi connectivity index (χ3n) is 1.58. The van der Waals surface area contributed by atoms with Crippen LogP contribution in [0.25, 0.3) is 6.08 Å². The first-order valence-corrected chi connectivity index (χ1v) is 3.73. The molecule has 3 heteroatoms. The molecule has 0 spiro atoms. The molecule has 0 radical (unpaired) electrons. The number of aromatic nitrogens is 1. The fourth-order valence-electron chi connectivity index (χ4n) is 0.942. The molecule has 0 amide bonds. The lowest BCUT2D eigenvalue weighted by Gasteiger charge is -1.99. The molecule has 0 aliphatic carbocycles. The first-order chi connectivity index (χ1) is 5.74. The van der Waals surface area contributed by atoms with Gasteiger partial charge in [-0.05, 0) is 24.1 Å². The summed E-state index contributed by atoms with van der Waals surface area (Å²) < 4.78 is 0. The van der Waals surface area contributed by atoms with Crippen molar-refractivity contribution in [1.82, 2.24) is 4.98 Å². The predicted molar refractivity (Wildman–Crippen MR) is 49.5 cm³/mol. The van der Waals surface area contributed by atoms with Gasteiger partial charge in [0.2, 0.25) is 0 Å². The summed E-state index contributed by atoms with van der Waals surface area (Å²) in [4.78, 5) is 3.94. The topological polar surface area (TPSA) is 59.1 Å². The van der Waals surface area contributed by atoms with Crippen LogP contribution in [-0.2, 0) is 0 Å². The molecule has 0 aromatic carbocycles. The van der Waals surface area contributed by atoms with Gasteiger partial charge in [0, 0.05) is 6.20 Å². The standard InChI is InChI=1S/C9H12N2O/c1-7-5-9(10)11-6-8(7)3-2-4-12/h2-3,5-6,12H,4H2,1H3,(H2,10,11). The molecule has 0 aliphatic rings. The van der Waals surface area contributed by atoms with Crippen LogP contribution in [0.15, 0.2) is 18.3 Å². The second kappa shape index (κ2) is 3.88. The maximum absolute atomic E-state index is 8.54. The number of rotatable bonds is 2. The van der Waals surface area contributed by atoms with Crippen LogP contribution in [0.5, 0.6) is 0 Å². The average Bonchev–Trinajstić information content (AvgIpc) is 2.03. The molecule has 1 aromatic heterocycles. The van der Waals surface area contributed by atoms with Crippen molar-refractivity contribution in [3.05, 3.63) is 29.5 Å². The van der Waals surface area contributed by atoms with Crippen LogP contribution in [0.3, 0.4) is 0 Å². The largest absolute Gasteiger partial charge is 0.392 e. The molecule has 0 unspecified atom stereocenters. The molecule has 0 aliphatic heterocycles. The first kappa shape index (κ1) is 8.74. The molecule has 1 aromatic rings. The summed E-state index contributed by atoms with van der Waals surface area (Å²) in [5, 5.41) is 8.54. The van der Waals surface area contributed by atoms with E-state index in [2.05, 4.69) is 4.98 Å². The zero-order valence-corrected chi connectivity index (χ0v) is 6.99. The minimum absolute atomic E-state index is 0.0455. The van der Waals surface area contributed by atoms with Gasteiger partial charge in [-0.3, -0.25) is 0 Å². The minimum Gasteiger partial charge on any atom is -0.392 e. The van der Waals surface area contributed by atoms with Gasteiger partial charge in [0.15, 0.2) is 0 Å². The van der Waals surface area contributed by atoms with E-state index in [-0.39, 0.29) is 6.61 Å². The highest BCUT2D eigenvalue weighted by atomic mass is 16.2. The van der Waals surface area contributed by atoms with Crippen molar-refractivity contribution >= 4 is 11.9 Å². The van der Waals surface area contributed by atoms with E-state index in [1.807, 2.05) is 13.0 Å². The Labute approximate surface area is 71.6 Å². The third-order valence-corrected chi connectivity index (χ3v) is 1.58. The quantitative estimate of drug-likeness (QED) is 0.685. The van der Waals surface area contributed by atoms with Crippen molar-refractivity contribution in [2.24, 2.45) is 0 Å². The average molecular weight is 164 g/mol. The second-order valence-electron chi connectivity index (χ2n) is 2.55. The lowest BCUT2D eigenvalue weighted by molar-refractivity contribution is 0.343. The molecule has 0 atom stereocenters. The monoisotopic (exact) mass is 164 g/mol. The predicted octanol–water partition coefficient (Wildman–Crippen LogP) is 0.978. The van der Waals surface area contributed by atoms with Crippen molar-refractivity contribution in [3.8, 4) is 0 Å². The molecule has 64 valence electrons. The lowest BCUT2D eigenvalue weighted by atomic mass is 10.1. The molecular formula is C9H12N2O. The molecule has 0 fully saturated rings. The number of hydrogen-bond donors (Lipinski definition) is 2. The summed E-state index contributed by atoms with van der Waals surface area (Å²) in [5.41, 5.74) is 7.52. The van der Waals surface area contributed by atoms with Gasteiger partial charge in [-0.1, -0.05) is 12.2 Å². The zero-order chi connectivity index (χ0) is 8.97. The Kier molecular flexibility index (Phi) is 2.82. The maximum Gasteiger partial charge on any atom is 0.123 e. The van der Waals surface area contributed by atoms with Crippen molar-refractivity contribution in [2.75, 3.05) is 12.3 Å². The van der Waals surface area contributed by atoms with Gasteiger partial charge in [0.25, 0.3) is 0 Å². The summed E-state index contributed by atoms with van der Waals surface area (Å²) in [7, 11) is 0. The Hall–Kier alpha value is -1.35. The van der Waals surface area contributed by atoms with Gasteiger partial charge in [0.05, 0.1) is 6.61 Å². The van der Waals surface area contributed by atoms with E-state index in [1.165, 1.54) is 0 Å². The molecule has 0 bridgehead atoms. The Morgan fingerprint density at radius 2 is 2.42 bits per heavy atom. The SMILES string of the molecule is Cc1cc(N)ncc1C=CCO. The van der Waals surface area contributed by atoms with Crippen LogP contribution in [0, 0.1) is 6.92 Å². The minimum atomic E-state index is 0.0455. The smallest absolute Gasteiger partial charge is 0.123 e. The Morgan fingerprint density at radius 1 is 1.67 bits per heavy atom.